The number of hydrogen-bond acceptors (Lipinski definition) is 3. The van der Waals surface area contributed by atoms with Crippen molar-refractivity contribution < 1.29 is 22.7 Å². The maximum atomic E-state index is 11.9. The Morgan fingerprint density at radius 3 is 2.82 bits per heavy atom. The fraction of sp³-hybridized carbons (Fsp3) is 0.500. The molecule has 2 rings (SSSR count). The number of alkyl halides is 3. The molecular weight excluding hydrogens is 321 g/mol. The van der Waals surface area contributed by atoms with Gasteiger partial charge in [-0.15, -0.1) is 12.4 Å². The van der Waals surface area contributed by atoms with Gasteiger partial charge in [-0.2, -0.15) is 13.2 Å². The molecule has 0 heterocycles. The number of carbonyl (C=O) groups is 1. The quantitative estimate of drug-likeness (QED) is 0.830. The van der Waals surface area contributed by atoms with E-state index < -0.39 is 25.3 Å². The molecular formula is C14H18ClF3N2O2. The lowest BCUT2D eigenvalue weighted by Crippen LogP contribution is -2.34. The van der Waals surface area contributed by atoms with Gasteiger partial charge in [0.25, 0.3) is 0 Å². The Labute approximate surface area is 132 Å². The number of nitrogens with one attached hydrogen (secondary N) is 1. The zero-order valence-electron chi connectivity index (χ0n) is 11.8. The molecule has 0 aliphatic heterocycles. The molecule has 124 valence electrons. The molecule has 0 fully saturated rings. The number of benzene rings is 1. The minimum atomic E-state index is -4.42. The largest absolute Gasteiger partial charge is 0.411 e. The van der Waals surface area contributed by atoms with Crippen molar-refractivity contribution in [1.82, 2.24) is 5.32 Å². The molecule has 1 aromatic rings. The summed E-state index contributed by atoms with van der Waals surface area (Å²) < 4.78 is 40.1. The molecule has 1 unspecified atom stereocenters. The first-order chi connectivity index (χ1) is 9.85. The number of anilines is 1. The summed E-state index contributed by atoms with van der Waals surface area (Å²) in [5.74, 6) is -0.547. The summed E-state index contributed by atoms with van der Waals surface area (Å²) in [6, 6.07) is 5.28. The van der Waals surface area contributed by atoms with E-state index in [0.29, 0.717) is 5.69 Å². The van der Waals surface area contributed by atoms with E-state index in [0.717, 1.165) is 30.4 Å². The highest BCUT2D eigenvalue weighted by molar-refractivity contribution is 5.85. The molecule has 22 heavy (non-hydrogen) atoms. The molecule has 1 aliphatic carbocycles. The summed E-state index contributed by atoms with van der Waals surface area (Å²) in [5, 5.41) is 2.71. The van der Waals surface area contributed by atoms with Crippen LogP contribution in [0.1, 0.15) is 30.0 Å². The fourth-order valence-corrected chi connectivity index (χ4v) is 2.48. The first-order valence-corrected chi connectivity index (χ1v) is 6.67. The molecule has 4 nitrogen and oxygen atoms in total. The molecule has 8 heteroatoms. The zero-order valence-corrected chi connectivity index (χ0v) is 12.6. The molecule has 0 aromatic heterocycles. The summed E-state index contributed by atoms with van der Waals surface area (Å²) in [6.45, 7) is -2.02. The van der Waals surface area contributed by atoms with Crippen LogP contribution in [-0.2, 0) is 16.0 Å². The highest BCUT2D eigenvalue weighted by Gasteiger charge is 2.28. The zero-order chi connectivity index (χ0) is 15.5. The van der Waals surface area contributed by atoms with E-state index in [1.165, 1.54) is 0 Å². The van der Waals surface area contributed by atoms with Gasteiger partial charge in [0.1, 0.15) is 13.2 Å². The molecule has 3 N–H and O–H groups in total. The topological polar surface area (TPSA) is 64.3 Å². The number of aryl methyl sites for hydroxylation is 1. The second-order valence-electron chi connectivity index (χ2n) is 5.08. The van der Waals surface area contributed by atoms with Gasteiger partial charge < -0.3 is 15.8 Å². The fourth-order valence-electron chi connectivity index (χ4n) is 2.48. The third kappa shape index (κ3) is 5.38. The summed E-state index contributed by atoms with van der Waals surface area (Å²) in [4.78, 5) is 11.6. The van der Waals surface area contributed by atoms with Crippen LogP contribution in [-0.4, -0.2) is 25.3 Å². The summed E-state index contributed by atoms with van der Waals surface area (Å²) in [7, 11) is 0. The number of nitrogen functional groups attached to an aromatic ring is 1. The maximum absolute atomic E-state index is 11.9. The van der Waals surface area contributed by atoms with Crippen LogP contribution in [0.15, 0.2) is 18.2 Å². The Bertz CT molecular complexity index is 523. The number of amides is 1. The first kappa shape index (κ1) is 18.6. The molecule has 0 spiro atoms. The molecule has 0 saturated carbocycles. The first-order valence-electron chi connectivity index (χ1n) is 6.67. The second-order valence-corrected chi connectivity index (χ2v) is 5.08. The Hall–Kier alpha value is -1.47. The second kappa shape index (κ2) is 7.69. The number of halogens is 4. The molecule has 0 saturated heterocycles. The lowest BCUT2D eigenvalue weighted by atomic mass is 9.87. The van der Waals surface area contributed by atoms with Crippen molar-refractivity contribution in [3.05, 3.63) is 29.3 Å². The molecule has 0 radical (unpaired) electrons. The van der Waals surface area contributed by atoms with Crippen LogP contribution >= 0.6 is 12.4 Å². The minimum absolute atomic E-state index is 0. The van der Waals surface area contributed by atoms with Gasteiger partial charge in [-0.1, -0.05) is 6.07 Å². The average Bonchev–Trinajstić information content (AvgIpc) is 2.37. The van der Waals surface area contributed by atoms with E-state index in [4.69, 9.17) is 5.73 Å². The molecule has 0 bridgehead atoms. The minimum Gasteiger partial charge on any atom is -0.399 e. The van der Waals surface area contributed by atoms with Crippen molar-refractivity contribution in [2.45, 2.75) is 31.5 Å². The van der Waals surface area contributed by atoms with E-state index in [1.807, 2.05) is 12.1 Å². The van der Waals surface area contributed by atoms with Crippen molar-refractivity contribution in [2.75, 3.05) is 18.9 Å². The number of nitrogens with two attached hydrogens (primary N) is 1. The van der Waals surface area contributed by atoms with Crippen LogP contribution < -0.4 is 11.1 Å². The van der Waals surface area contributed by atoms with Gasteiger partial charge in [-0.3, -0.25) is 4.79 Å². The molecule has 1 aromatic carbocycles. The smallest absolute Gasteiger partial charge is 0.399 e. The summed E-state index contributed by atoms with van der Waals surface area (Å²) >= 11 is 0. The van der Waals surface area contributed by atoms with Crippen LogP contribution in [0.2, 0.25) is 0 Å². The van der Waals surface area contributed by atoms with Crippen molar-refractivity contribution in [2.24, 2.45) is 0 Å². The predicted octanol–water partition coefficient (Wildman–Crippen LogP) is 2.76. The Balaban J connectivity index is 0.00000242. The van der Waals surface area contributed by atoms with Crippen molar-refractivity contribution >= 4 is 24.0 Å². The van der Waals surface area contributed by atoms with E-state index >= 15 is 0 Å². The van der Waals surface area contributed by atoms with Gasteiger partial charge in [0.15, 0.2) is 0 Å². The van der Waals surface area contributed by atoms with E-state index in [9.17, 15) is 18.0 Å². The van der Waals surface area contributed by atoms with Gasteiger partial charge in [0.05, 0.1) is 6.04 Å². The lowest BCUT2D eigenvalue weighted by Gasteiger charge is -2.26. The summed E-state index contributed by atoms with van der Waals surface area (Å²) in [5.41, 5.74) is 8.43. The van der Waals surface area contributed by atoms with E-state index in [1.54, 1.807) is 6.07 Å². The van der Waals surface area contributed by atoms with Crippen LogP contribution in [0.3, 0.4) is 0 Å². The average molecular weight is 339 g/mol. The standard InChI is InChI=1S/C14H17F3N2O2.ClH/c15-14(16,17)8-21-7-13(20)19-12-3-1-2-9-6-10(18)4-5-11(9)12;/h4-6,12H,1-3,7-8,18H2,(H,19,20);1H. The number of carbonyl (C=O) groups excluding carboxylic acids is 1. The third-order valence-corrected chi connectivity index (χ3v) is 3.32. The van der Waals surface area contributed by atoms with Gasteiger partial charge >= 0.3 is 6.18 Å². The van der Waals surface area contributed by atoms with Crippen LogP contribution in [0.25, 0.3) is 0 Å². The highest BCUT2D eigenvalue weighted by atomic mass is 35.5. The van der Waals surface area contributed by atoms with E-state index in [-0.39, 0.29) is 18.4 Å². The monoisotopic (exact) mass is 338 g/mol. The third-order valence-electron chi connectivity index (χ3n) is 3.32. The molecule has 1 aliphatic rings. The number of hydrogen-bond donors (Lipinski definition) is 2. The van der Waals surface area contributed by atoms with Gasteiger partial charge in [-0.05, 0) is 42.5 Å². The Morgan fingerprint density at radius 1 is 1.41 bits per heavy atom. The van der Waals surface area contributed by atoms with Crippen molar-refractivity contribution in [3.8, 4) is 0 Å². The van der Waals surface area contributed by atoms with Gasteiger partial charge in [-0.25, -0.2) is 0 Å². The lowest BCUT2D eigenvalue weighted by molar-refractivity contribution is -0.175. The van der Waals surface area contributed by atoms with Crippen LogP contribution in [0, 0.1) is 0 Å². The summed E-state index contributed by atoms with van der Waals surface area (Å²) in [6.07, 6.45) is -1.89. The molecule has 1 atom stereocenters. The van der Waals surface area contributed by atoms with Crippen LogP contribution in [0.4, 0.5) is 18.9 Å². The number of fused-ring (bicyclic) bond motifs is 1. The number of ether oxygens (including phenoxy) is 1. The SMILES string of the molecule is Cl.Nc1ccc2c(c1)CCCC2NC(=O)COCC(F)(F)F. The van der Waals surface area contributed by atoms with Crippen LogP contribution in [0.5, 0.6) is 0 Å². The Morgan fingerprint density at radius 2 is 2.14 bits per heavy atom. The Kier molecular flexibility index (Phi) is 6.49. The van der Waals surface area contributed by atoms with Crippen molar-refractivity contribution in [1.29, 1.82) is 0 Å². The maximum Gasteiger partial charge on any atom is 0.411 e. The predicted molar refractivity (Wildman–Crippen MR) is 78.8 cm³/mol. The highest BCUT2D eigenvalue weighted by Crippen LogP contribution is 2.30. The van der Waals surface area contributed by atoms with Gasteiger partial charge in [0.2, 0.25) is 5.91 Å². The van der Waals surface area contributed by atoms with E-state index in [2.05, 4.69) is 10.1 Å². The van der Waals surface area contributed by atoms with Crippen molar-refractivity contribution in [3.63, 3.8) is 0 Å². The van der Waals surface area contributed by atoms with Gasteiger partial charge in [0, 0.05) is 5.69 Å². The molecule has 1 amide bonds. The number of rotatable bonds is 4. The normalized spacial score (nSPS) is 17.3.